The van der Waals surface area contributed by atoms with E-state index in [1.165, 1.54) is 6.92 Å². The van der Waals surface area contributed by atoms with Gasteiger partial charge in [-0.2, -0.15) is 0 Å². The van der Waals surface area contributed by atoms with Crippen LogP contribution >= 0.6 is 0 Å². The smallest absolute Gasteiger partial charge is 0.217 e. The largest absolute Gasteiger partial charge is 0.354 e. The molecule has 1 unspecified atom stereocenters. The average molecular weight is 201 g/mol. The molecule has 0 aromatic rings. The summed E-state index contributed by atoms with van der Waals surface area (Å²) in [7, 11) is 0. The van der Waals surface area contributed by atoms with Crippen molar-refractivity contribution >= 4 is 5.91 Å². The van der Waals surface area contributed by atoms with Crippen molar-refractivity contribution in [3.63, 3.8) is 0 Å². The maximum absolute atomic E-state index is 10.7. The highest BCUT2D eigenvalue weighted by molar-refractivity contribution is 5.73. The lowest BCUT2D eigenvalue weighted by Crippen LogP contribution is -2.32. The monoisotopic (exact) mass is 201 g/mol. The Morgan fingerprint density at radius 2 is 2.14 bits per heavy atom. The number of hydrogen-bond donors (Lipinski definition) is 1. The van der Waals surface area contributed by atoms with E-state index in [2.05, 4.69) is 5.32 Å². The third kappa shape index (κ3) is 4.58. The molecule has 4 nitrogen and oxygen atoms in total. The molecule has 0 bridgehead atoms. The standard InChI is InChI=1S/C10H19NO3/c1-8(11-9(2)12)4-5-10-13-6-3-7-14-10/h8,10H,3-7H2,1-2H3,(H,11,12). The van der Waals surface area contributed by atoms with E-state index in [1.807, 2.05) is 6.92 Å². The Bertz CT molecular complexity index is 178. The van der Waals surface area contributed by atoms with Crippen LogP contribution in [0.5, 0.6) is 0 Å². The van der Waals surface area contributed by atoms with E-state index in [0.29, 0.717) is 0 Å². The van der Waals surface area contributed by atoms with Crippen molar-refractivity contribution in [1.29, 1.82) is 0 Å². The molecule has 1 rings (SSSR count). The molecule has 1 fully saturated rings. The molecule has 1 aliphatic heterocycles. The quantitative estimate of drug-likeness (QED) is 0.739. The fourth-order valence-corrected chi connectivity index (χ4v) is 1.51. The van der Waals surface area contributed by atoms with Crippen molar-refractivity contribution in [2.75, 3.05) is 13.2 Å². The van der Waals surface area contributed by atoms with Crippen molar-refractivity contribution < 1.29 is 14.3 Å². The van der Waals surface area contributed by atoms with Gasteiger partial charge in [0.1, 0.15) is 0 Å². The molecule has 14 heavy (non-hydrogen) atoms. The van der Waals surface area contributed by atoms with Crippen LogP contribution in [0.2, 0.25) is 0 Å². The minimum atomic E-state index is -0.0695. The summed E-state index contributed by atoms with van der Waals surface area (Å²) in [6.45, 7) is 5.10. The molecule has 1 amide bonds. The van der Waals surface area contributed by atoms with E-state index in [4.69, 9.17) is 9.47 Å². The van der Waals surface area contributed by atoms with Gasteiger partial charge in [0, 0.05) is 19.4 Å². The maximum Gasteiger partial charge on any atom is 0.217 e. The van der Waals surface area contributed by atoms with Crippen molar-refractivity contribution in [3.8, 4) is 0 Å². The predicted octanol–water partition coefficient (Wildman–Crippen LogP) is 1.05. The summed E-state index contributed by atoms with van der Waals surface area (Å²) in [6, 6.07) is 0.196. The lowest BCUT2D eigenvalue weighted by Gasteiger charge is -2.24. The van der Waals surface area contributed by atoms with Crippen LogP contribution in [-0.2, 0) is 14.3 Å². The van der Waals surface area contributed by atoms with Crippen LogP contribution in [0.4, 0.5) is 0 Å². The zero-order valence-electron chi connectivity index (χ0n) is 8.91. The molecule has 1 aliphatic rings. The second kappa shape index (κ2) is 5.98. The van der Waals surface area contributed by atoms with Crippen LogP contribution in [0, 0.1) is 0 Å². The van der Waals surface area contributed by atoms with E-state index in [0.717, 1.165) is 32.5 Å². The van der Waals surface area contributed by atoms with E-state index >= 15 is 0 Å². The molecular formula is C10H19NO3. The normalized spacial score (nSPS) is 20.4. The minimum Gasteiger partial charge on any atom is -0.354 e. The highest BCUT2D eigenvalue weighted by Gasteiger charge is 2.15. The van der Waals surface area contributed by atoms with Crippen molar-refractivity contribution in [2.45, 2.75) is 45.4 Å². The van der Waals surface area contributed by atoms with Crippen LogP contribution in [-0.4, -0.2) is 31.5 Å². The highest BCUT2D eigenvalue weighted by Crippen LogP contribution is 2.11. The second-order valence-corrected chi connectivity index (χ2v) is 3.70. The van der Waals surface area contributed by atoms with Gasteiger partial charge in [-0.1, -0.05) is 0 Å². The Kier molecular flexibility index (Phi) is 4.90. The fraction of sp³-hybridized carbons (Fsp3) is 0.900. The molecule has 1 atom stereocenters. The van der Waals surface area contributed by atoms with Crippen molar-refractivity contribution in [2.24, 2.45) is 0 Å². The van der Waals surface area contributed by atoms with Crippen LogP contribution in [0.3, 0.4) is 0 Å². The number of carbonyl (C=O) groups is 1. The Balaban J connectivity index is 2.09. The summed E-state index contributed by atoms with van der Waals surface area (Å²) < 4.78 is 10.8. The van der Waals surface area contributed by atoms with Crippen molar-refractivity contribution in [3.05, 3.63) is 0 Å². The van der Waals surface area contributed by atoms with Gasteiger partial charge >= 0.3 is 0 Å². The highest BCUT2D eigenvalue weighted by atomic mass is 16.7. The third-order valence-corrected chi connectivity index (χ3v) is 2.18. The first-order valence-electron chi connectivity index (χ1n) is 5.19. The van der Waals surface area contributed by atoms with Crippen LogP contribution in [0.25, 0.3) is 0 Å². The topological polar surface area (TPSA) is 47.6 Å². The van der Waals surface area contributed by atoms with E-state index in [-0.39, 0.29) is 18.2 Å². The van der Waals surface area contributed by atoms with Gasteiger partial charge in [0.05, 0.1) is 13.2 Å². The van der Waals surface area contributed by atoms with Crippen LogP contribution in [0.15, 0.2) is 0 Å². The number of nitrogens with one attached hydrogen (secondary N) is 1. The number of hydrogen-bond acceptors (Lipinski definition) is 3. The Morgan fingerprint density at radius 3 is 2.71 bits per heavy atom. The summed E-state index contributed by atoms with van der Waals surface area (Å²) in [5.41, 5.74) is 0. The van der Waals surface area contributed by atoms with Gasteiger partial charge in [-0.3, -0.25) is 4.79 Å². The molecule has 1 N–H and O–H groups in total. The van der Waals surface area contributed by atoms with Crippen LogP contribution in [0.1, 0.15) is 33.1 Å². The molecule has 0 radical (unpaired) electrons. The SMILES string of the molecule is CC(=O)NC(C)CCC1OCCCO1. The fourth-order valence-electron chi connectivity index (χ4n) is 1.51. The van der Waals surface area contributed by atoms with Gasteiger partial charge in [-0.25, -0.2) is 0 Å². The predicted molar refractivity (Wildman–Crippen MR) is 52.8 cm³/mol. The molecule has 0 saturated carbocycles. The van der Waals surface area contributed by atoms with Crippen LogP contribution < -0.4 is 5.32 Å². The van der Waals surface area contributed by atoms with Gasteiger partial charge in [-0.15, -0.1) is 0 Å². The minimum absolute atomic E-state index is 0.0166. The third-order valence-electron chi connectivity index (χ3n) is 2.18. The maximum atomic E-state index is 10.7. The van der Waals surface area contributed by atoms with Gasteiger partial charge in [-0.05, 0) is 19.8 Å². The van der Waals surface area contributed by atoms with Gasteiger partial charge < -0.3 is 14.8 Å². The Labute approximate surface area is 85.0 Å². The number of carbonyl (C=O) groups excluding carboxylic acids is 1. The Morgan fingerprint density at radius 1 is 1.50 bits per heavy atom. The van der Waals surface area contributed by atoms with Gasteiger partial charge in [0.25, 0.3) is 0 Å². The van der Waals surface area contributed by atoms with E-state index in [9.17, 15) is 4.79 Å². The average Bonchev–Trinajstić information content (AvgIpc) is 2.15. The van der Waals surface area contributed by atoms with E-state index in [1.54, 1.807) is 0 Å². The Hall–Kier alpha value is -0.610. The second-order valence-electron chi connectivity index (χ2n) is 3.70. The van der Waals surface area contributed by atoms with E-state index < -0.39 is 0 Å². The molecule has 1 heterocycles. The summed E-state index contributed by atoms with van der Waals surface area (Å²) in [5.74, 6) is 0.0166. The molecule has 0 aromatic heterocycles. The number of ether oxygens (including phenoxy) is 2. The lowest BCUT2D eigenvalue weighted by atomic mass is 10.1. The first-order valence-corrected chi connectivity index (χ1v) is 5.19. The summed E-state index contributed by atoms with van der Waals surface area (Å²) in [6.07, 6.45) is 2.66. The molecule has 1 saturated heterocycles. The molecule has 0 aliphatic carbocycles. The number of rotatable bonds is 4. The lowest BCUT2D eigenvalue weighted by molar-refractivity contribution is -0.182. The molecule has 82 valence electrons. The molecule has 4 heteroatoms. The van der Waals surface area contributed by atoms with Gasteiger partial charge in [0.15, 0.2) is 6.29 Å². The first-order chi connectivity index (χ1) is 6.68. The summed E-state index contributed by atoms with van der Waals surface area (Å²) in [4.78, 5) is 10.7. The first kappa shape index (κ1) is 11.5. The zero-order valence-corrected chi connectivity index (χ0v) is 8.91. The zero-order chi connectivity index (χ0) is 10.4. The number of amides is 1. The van der Waals surface area contributed by atoms with Crippen molar-refractivity contribution in [1.82, 2.24) is 5.32 Å². The van der Waals surface area contributed by atoms with Gasteiger partial charge in [0.2, 0.25) is 5.91 Å². The summed E-state index contributed by atoms with van der Waals surface area (Å²) >= 11 is 0. The molecule has 0 spiro atoms. The summed E-state index contributed by atoms with van der Waals surface area (Å²) in [5, 5.41) is 2.83. The molecule has 0 aromatic carbocycles. The molecular weight excluding hydrogens is 182 g/mol.